The van der Waals surface area contributed by atoms with Crippen LogP contribution in [0.4, 0.5) is 10.8 Å². The summed E-state index contributed by atoms with van der Waals surface area (Å²) in [5, 5.41) is 4.30. The average molecular weight is 387 g/mol. The monoisotopic (exact) mass is 386 g/mol. The van der Waals surface area contributed by atoms with Gasteiger partial charge < -0.3 is 10.2 Å². The van der Waals surface area contributed by atoms with Gasteiger partial charge >= 0.3 is 0 Å². The lowest BCUT2D eigenvalue weighted by molar-refractivity contribution is -0.115. The van der Waals surface area contributed by atoms with E-state index in [0.29, 0.717) is 22.3 Å². The van der Waals surface area contributed by atoms with Gasteiger partial charge in [0, 0.05) is 23.5 Å². The summed E-state index contributed by atoms with van der Waals surface area (Å²) in [5.41, 5.74) is 0.302. The number of carbonyl (C=O) groups is 1. The van der Waals surface area contributed by atoms with Gasteiger partial charge in [-0.3, -0.25) is 4.79 Å². The number of nitrogens with zero attached hydrogens (tertiary/aromatic N) is 3. The van der Waals surface area contributed by atoms with Crippen molar-refractivity contribution < 1.29 is 4.79 Å². The molecule has 0 atom stereocenters. The topological polar surface area (TPSA) is 58.1 Å². The highest BCUT2D eigenvalue weighted by Crippen LogP contribution is 2.30. The zero-order chi connectivity index (χ0) is 17.9. The van der Waals surface area contributed by atoms with E-state index in [1.165, 1.54) is 11.5 Å². The largest absolute Gasteiger partial charge is 0.338 e. The molecule has 0 saturated carbocycles. The zero-order valence-electron chi connectivity index (χ0n) is 14.1. The van der Waals surface area contributed by atoms with Crippen LogP contribution < -0.4 is 10.2 Å². The number of para-hydroxylation sites is 1. The van der Waals surface area contributed by atoms with Crippen LogP contribution in [0.3, 0.4) is 0 Å². The lowest BCUT2D eigenvalue weighted by Gasteiger charge is -2.19. The van der Waals surface area contributed by atoms with E-state index in [1.807, 2.05) is 11.8 Å². The fourth-order valence-corrected chi connectivity index (χ4v) is 3.34. The Morgan fingerprint density at radius 1 is 1.29 bits per heavy atom. The third-order valence-electron chi connectivity index (χ3n) is 3.30. The quantitative estimate of drug-likeness (QED) is 0.814. The first-order valence-corrected chi connectivity index (χ1v) is 9.08. The third-order valence-corrected chi connectivity index (χ3v) is 4.71. The summed E-state index contributed by atoms with van der Waals surface area (Å²) in [7, 11) is 0. The molecule has 0 aliphatic heterocycles. The summed E-state index contributed by atoms with van der Waals surface area (Å²) in [4.78, 5) is 18.8. The maximum atomic E-state index is 12.3. The van der Waals surface area contributed by atoms with Gasteiger partial charge in [-0.05, 0) is 19.1 Å². The summed E-state index contributed by atoms with van der Waals surface area (Å²) >= 11 is 13.5. The molecular weight excluding hydrogens is 367 g/mol. The molecule has 5 nitrogen and oxygen atoms in total. The Hall–Kier alpha value is -1.37. The standard InChI is InChI=1S/C16H20Cl2N4OS/c1-5-22(15-20-14(21-24-15)16(2,3)4)9-12(23)19-13-10(17)7-6-8-11(13)18/h6-8H,5,9H2,1-4H3,(H,19,23). The minimum absolute atomic E-state index is 0.124. The van der Waals surface area contributed by atoms with Crippen molar-refractivity contribution >= 4 is 51.5 Å². The van der Waals surface area contributed by atoms with Crippen LogP contribution in [-0.2, 0) is 10.2 Å². The molecule has 0 aliphatic carbocycles. The van der Waals surface area contributed by atoms with Gasteiger partial charge in [-0.1, -0.05) is 50.0 Å². The van der Waals surface area contributed by atoms with Crippen LogP contribution in [0.1, 0.15) is 33.5 Å². The zero-order valence-corrected chi connectivity index (χ0v) is 16.4. The molecule has 0 aliphatic rings. The van der Waals surface area contributed by atoms with Crippen molar-refractivity contribution in [2.45, 2.75) is 33.1 Å². The van der Waals surface area contributed by atoms with Gasteiger partial charge in [-0.2, -0.15) is 4.37 Å². The maximum absolute atomic E-state index is 12.3. The Morgan fingerprint density at radius 2 is 1.92 bits per heavy atom. The third kappa shape index (κ3) is 4.59. The smallest absolute Gasteiger partial charge is 0.244 e. The van der Waals surface area contributed by atoms with E-state index < -0.39 is 0 Å². The number of halogens is 2. The second-order valence-corrected chi connectivity index (χ2v) is 7.85. The van der Waals surface area contributed by atoms with Crippen LogP contribution in [0.2, 0.25) is 10.0 Å². The summed E-state index contributed by atoms with van der Waals surface area (Å²) < 4.78 is 4.39. The number of rotatable bonds is 5. The SMILES string of the molecule is CCN(CC(=O)Nc1c(Cl)cccc1Cl)c1nc(C(C)(C)C)ns1. The van der Waals surface area contributed by atoms with Crippen molar-refractivity contribution in [3.63, 3.8) is 0 Å². The van der Waals surface area contributed by atoms with E-state index >= 15 is 0 Å². The van der Waals surface area contributed by atoms with E-state index in [0.717, 1.165) is 11.0 Å². The fourth-order valence-electron chi connectivity index (χ4n) is 1.93. The highest BCUT2D eigenvalue weighted by molar-refractivity contribution is 7.09. The van der Waals surface area contributed by atoms with E-state index in [-0.39, 0.29) is 17.9 Å². The molecule has 130 valence electrons. The van der Waals surface area contributed by atoms with Crippen LogP contribution in [0.5, 0.6) is 0 Å². The number of likely N-dealkylation sites (N-methyl/N-ethyl adjacent to an activating group) is 1. The molecule has 1 heterocycles. The van der Waals surface area contributed by atoms with Crippen molar-refractivity contribution in [2.24, 2.45) is 0 Å². The number of amides is 1. The van der Waals surface area contributed by atoms with E-state index in [2.05, 4.69) is 35.4 Å². The van der Waals surface area contributed by atoms with E-state index in [4.69, 9.17) is 23.2 Å². The molecule has 1 amide bonds. The molecule has 0 bridgehead atoms. The number of hydrogen-bond donors (Lipinski definition) is 1. The highest BCUT2D eigenvalue weighted by Gasteiger charge is 2.22. The molecule has 24 heavy (non-hydrogen) atoms. The van der Waals surface area contributed by atoms with E-state index in [1.54, 1.807) is 18.2 Å². The Bertz CT molecular complexity index is 707. The van der Waals surface area contributed by atoms with Crippen LogP contribution in [0.25, 0.3) is 0 Å². The summed E-state index contributed by atoms with van der Waals surface area (Å²) in [5.74, 6) is 0.565. The van der Waals surface area contributed by atoms with Gasteiger partial charge in [-0.25, -0.2) is 4.98 Å². The first kappa shape index (κ1) is 19.0. The Balaban J connectivity index is 2.10. The molecule has 0 unspecified atom stereocenters. The molecule has 1 aromatic carbocycles. The predicted octanol–water partition coefficient (Wildman–Crippen LogP) is 4.61. The number of aromatic nitrogens is 2. The molecular formula is C16H20Cl2N4OS. The first-order valence-electron chi connectivity index (χ1n) is 7.55. The van der Waals surface area contributed by atoms with Crippen molar-refractivity contribution in [1.29, 1.82) is 0 Å². The number of carbonyl (C=O) groups excluding carboxylic acids is 1. The number of hydrogen-bond acceptors (Lipinski definition) is 5. The van der Waals surface area contributed by atoms with Crippen molar-refractivity contribution in [2.75, 3.05) is 23.3 Å². The maximum Gasteiger partial charge on any atom is 0.244 e. The summed E-state index contributed by atoms with van der Waals surface area (Å²) in [6.07, 6.45) is 0. The molecule has 2 rings (SSSR count). The van der Waals surface area contributed by atoms with Crippen molar-refractivity contribution in [3.8, 4) is 0 Å². The Morgan fingerprint density at radius 3 is 2.42 bits per heavy atom. The number of benzene rings is 1. The van der Waals surface area contributed by atoms with E-state index in [9.17, 15) is 4.79 Å². The number of anilines is 2. The van der Waals surface area contributed by atoms with Crippen LogP contribution >= 0.6 is 34.7 Å². The molecule has 0 fully saturated rings. The minimum Gasteiger partial charge on any atom is -0.338 e. The molecule has 2 aromatic rings. The predicted molar refractivity (Wildman–Crippen MR) is 102 cm³/mol. The molecule has 1 N–H and O–H groups in total. The van der Waals surface area contributed by atoms with Gasteiger partial charge in [0.1, 0.15) is 5.82 Å². The fraction of sp³-hybridized carbons (Fsp3) is 0.438. The van der Waals surface area contributed by atoms with Crippen molar-refractivity contribution in [1.82, 2.24) is 9.36 Å². The lowest BCUT2D eigenvalue weighted by Crippen LogP contribution is -2.33. The van der Waals surface area contributed by atoms with Crippen LogP contribution in [0.15, 0.2) is 18.2 Å². The van der Waals surface area contributed by atoms with Gasteiger partial charge in [0.15, 0.2) is 0 Å². The molecule has 0 saturated heterocycles. The van der Waals surface area contributed by atoms with Gasteiger partial charge in [-0.15, -0.1) is 0 Å². The summed E-state index contributed by atoms with van der Waals surface area (Å²) in [6.45, 7) is 8.93. The second kappa shape index (κ2) is 7.68. The van der Waals surface area contributed by atoms with Crippen LogP contribution in [0, 0.1) is 0 Å². The molecule has 8 heteroatoms. The minimum atomic E-state index is -0.209. The van der Waals surface area contributed by atoms with Crippen molar-refractivity contribution in [3.05, 3.63) is 34.1 Å². The Labute approximate surface area is 156 Å². The summed E-state index contributed by atoms with van der Waals surface area (Å²) in [6, 6.07) is 5.09. The first-order chi connectivity index (χ1) is 11.2. The molecule has 0 radical (unpaired) electrons. The number of nitrogens with one attached hydrogen (secondary N) is 1. The Kier molecular flexibility index (Phi) is 6.06. The van der Waals surface area contributed by atoms with Gasteiger partial charge in [0.05, 0.1) is 22.3 Å². The molecule has 0 spiro atoms. The van der Waals surface area contributed by atoms with Crippen LogP contribution in [-0.4, -0.2) is 28.4 Å². The van der Waals surface area contributed by atoms with Gasteiger partial charge in [0.2, 0.25) is 11.0 Å². The lowest BCUT2D eigenvalue weighted by atomic mass is 9.96. The average Bonchev–Trinajstić information content (AvgIpc) is 2.98. The second-order valence-electron chi connectivity index (χ2n) is 6.31. The van der Waals surface area contributed by atoms with Gasteiger partial charge in [0.25, 0.3) is 0 Å². The normalized spacial score (nSPS) is 11.4. The highest BCUT2D eigenvalue weighted by atomic mass is 35.5. The molecule has 1 aromatic heterocycles.